The van der Waals surface area contributed by atoms with Gasteiger partial charge in [0.25, 0.3) is 5.91 Å². The van der Waals surface area contributed by atoms with Gasteiger partial charge in [0, 0.05) is 18.7 Å². The second kappa shape index (κ2) is 6.48. The topological polar surface area (TPSA) is 49.4 Å². The molecule has 2 aromatic rings. The molecule has 26 heavy (non-hydrogen) atoms. The van der Waals surface area contributed by atoms with Crippen molar-refractivity contribution in [1.29, 1.82) is 0 Å². The lowest BCUT2D eigenvalue weighted by molar-refractivity contribution is -0.133. The van der Waals surface area contributed by atoms with E-state index in [1.54, 1.807) is 13.8 Å². The van der Waals surface area contributed by atoms with Crippen molar-refractivity contribution in [3.8, 4) is 11.1 Å². The largest absolute Gasteiger partial charge is 0.352 e. The lowest BCUT2D eigenvalue weighted by Crippen LogP contribution is -2.63. The Bertz CT molecular complexity index is 856. The van der Waals surface area contributed by atoms with Gasteiger partial charge < -0.3 is 10.2 Å². The molecule has 0 aromatic heterocycles. The van der Waals surface area contributed by atoms with E-state index in [-0.39, 0.29) is 17.4 Å². The molecule has 0 atom stereocenters. The van der Waals surface area contributed by atoms with Gasteiger partial charge in [-0.05, 0) is 49.2 Å². The lowest BCUT2D eigenvalue weighted by Gasteiger charge is -2.41. The summed E-state index contributed by atoms with van der Waals surface area (Å²) in [7, 11) is 0. The van der Waals surface area contributed by atoms with Crippen molar-refractivity contribution in [1.82, 2.24) is 10.2 Å². The molecule has 2 amide bonds. The van der Waals surface area contributed by atoms with E-state index >= 15 is 0 Å². The maximum atomic E-state index is 13.4. The number of carbonyl (C=O) groups excluding carboxylic acids is 2. The Balaban J connectivity index is 1.88. The minimum Gasteiger partial charge on any atom is -0.352 e. The summed E-state index contributed by atoms with van der Waals surface area (Å²) in [6, 6.07) is 7.87. The Morgan fingerprint density at radius 2 is 1.62 bits per heavy atom. The summed E-state index contributed by atoms with van der Waals surface area (Å²) < 4.78 is 39.8. The lowest BCUT2D eigenvalue weighted by atomic mass is 9.97. The van der Waals surface area contributed by atoms with Crippen LogP contribution in [0.1, 0.15) is 24.2 Å². The molecule has 0 unspecified atom stereocenters. The third-order valence-corrected chi connectivity index (χ3v) is 4.55. The van der Waals surface area contributed by atoms with Crippen molar-refractivity contribution < 1.29 is 22.8 Å². The van der Waals surface area contributed by atoms with Crippen molar-refractivity contribution in [3.63, 3.8) is 0 Å². The first-order chi connectivity index (χ1) is 12.2. The van der Waals surface area contributed by atoms with Gasteiger partial charge in [0.2, 0.25) is 5.91 Å². The summed E-state index contributed by atoms with van der Waals surface area (Å²) in [6.07, 6.45) is 0. The zero-order valence-electron chi connectivity index (χ0n) is 14.3. The quantitative estimate of drug-likeness (QED) is 0.835. The Hall–Kier alpha value is -2.83. The highest BCUT2D eigenvalue weighted by molar-refractivity contribution is 6.00. The summed E-state index contributed by atoms with van der Waals surface area (Å²) in [5.41, 5.74) is -0.0234. The van der Waals surface area contributed by atoms with Crippen LogP contribution in [0, 0.1) is 17.5 Å². The molecule has 2 aromatic carbocycles. The number of amides is 2. The first kappa shape index (κ1) is 18.0. The van der Waals surface area contributed by atoms with E-state index in [1.165, 1.54) is 29.2 Å². The Labute approximate surface area is 148 Å². The van der Waals surface area contributed by atoms with Gasteiger partial charge in [-0.3, -0.25) is 9.59 Å². The van der Waals surface area contributed by atoms with Gasteiger partial charge in [-0.25, -0.2) is 13.2 Å². The molecule has 1 aliphatic rings. The molecule has 4 nitrogen and oxygen atoms in total. The number of rotatable bonds is 2. The van der Waals surface area contributed by atoms with Gasteiger partial charge in [0.05, 0.1) is 0 Å². The molecular weight excluding hydrogens is 345 g/mol. The molecular formula is C19H17F3N2O2. The predicted octanol–water partition coefficient (Wildman–Crippen LogP) is 3.12. The highest BCUT2D eigenvalue weighted by atomic mass is 19.2. The van der Waals surface area contributed by atoms with Crippen molar-refractivity contribution >= 4 is 11.8 Å². The zero-order valence-corrected chi connectivity index (χ0v) is 14.3. The first-order valence-electron chi connectivity index (χ1n) is 8.07. The van der Waals surface area contributed by atoms with Crippen LogP contribution >= 0.6 is 0 Å². The number of benzene rings is 2. The van der Waals surface area contributed by atoms with Crippen molar-refractivity contribution in [2.75, 3.05) is 13.1 Å². The molecule has 0 spiro atoms. The fraction of sp³-hybridized carbons (Fsp3) is 0.263. The van der Waals surface area contributed by atoms with Crippen LogP contribution in [0.15, 0.2) is 36.4 Å². The number of nitrogens with one attached hydrogen (secondary N) is 1. The number of piperazine rings is 1. The monoisotopic (exact) mass is 362 g/mol. The predicted molar refractivity (Wildman–Crippen MR) is 89.9 cm³/mol. The van der Waals surface area contributed by atoms with Crippen LogP contribution in [0.3, 0.4) is 0 Å². The number of hydrogen-bond donors (Lipinski definition) is 1. The SMILES string of the molecule is CC1(C)C(=O)NCCN1C(=O)c1ccc(-c2cc(F)c(F)c(F)c2)cc1. The van der Waals surface area contributed by atoms with Gasteiger partial charge in [0.15, 0.2) is 17.5 Å². The van der Waals surface area contributed by atoms with Crippen molar-refractivity contribution in [3.05, 3.63) is 59.4 Å². The van der Waals surface area contributed by atoms with Crippen LogP contribution in [-0.4, -0.2) is 35.3 Å². The third-order valence-electron chi connectivity index (χ3n) is 4.55. The number of nitrogens with zero attached hydrogens (tertiary/aromatic N) is 1. The molecule has 0 radical (unpaired) electrons. The smallest absolute Gasteiger partial charge is 0.254 e. The van der Waals surface area contributed by atoms with Gasteiger partial charge in [-0.15, -0.1) is 0 Å². The van der Waals surface area contributed by atoms with Gasteiger partial charge in [-0.2, -0.15) is 0 Å². The van der Waals surface area contributed by atoms with Crippen LogP contribution in [0.25, 0.3) is 11.1 Å². The van der Waals surface area contributed by atoms with E-state index < -0.39 is 23.0 Å². The number of hydrogen-bond acceptors (Lipinski definition) is 2. The average molecular weight is 362 g/mol. The van der Waals surface area contributed by atoms with Crippen LogP contribution in [0.4, 0.5) is 13.2 Å². The highest BCUT2D eigenvalue weighted by Gasteiger charge is 2.40. The minimum absolute atomic E-state index is 0.165. The van der Waals surface area contributed by atoms with Crippen LogP contribution in [-0.2, 0) is 4.79 Å². The second-order valence-electron chi connectivity index (χ2n) is 6.60. The fourth-order valence-corrected chi connectivity index (χ4v) is 2.94. The number of halogens is 3. The molecule has 3 rings (SSSR count). The third kappa shape index (κ3) is 3.05. The molecule has 1 aliphatic heterocycles. The molecule has 1 fully saturated rings. The molecule has 0 bridgehead atoms. The summed E-state index contributed by atoms with van der Waals surface area (Å²) in [5, 5.41) is 2.72. The van der Waals surface area contributed by atoms with Crippen molar-refractivity contribution in [2.24, 2.45) is 0 Å². The zero-order chi connectivity index (χ0) is 19.1. The highest BCUT2D eigenvalue weighted by Crippen LogP contribution is 2.26. The molecule has 0 saturated carbocycles. The normalized spacial score (nSPS) is 16.3. The average Bonchev–Trinajstić information content (AvgIpc) is 2.61. The molecule has 1 N–H and O–H groups in total. The van der Waals surface area contributed by atoms with E-state index in [0.717, 1.165) is 12.1 Å². The fourth-order valence-electron chi connectivity index (χ4n) is 2.94. The maximum Gasteiger partial charge on any atom is 0.254 e. The van der Waals surface area contributed by atoms with Gasteiger partial charge >= 0.3 is 0 Å². The van der Waals surface area contributed by atoms with E-state index in [4.69, 9.17) is 0 Å². The maximum absolute atomic E-state index is 13.4. The minimum atomic E-state index is -1.52. The molecule has 1 saturated heterocycles. The van der Waals surface area contributed by atoms with E-state index in [0.29, 0.717) is 24.2 Å². The van der Waals surface area contributed by atoms with E-state index in [1.807, 2.05) is 0 Å². The molecule has 0 aliphatic carbocycles. The van der Waals surface area contributed by atoms with Crippen LogP contribution < -0.4 is 5.32 Å². The molecule has 7 heteroatoms. The van der Waals surface area contributed by atoms with Crippen LogP contribution in [0.2, 0.25) is 0 Å². The summed E-state index contributed by atoms with van der Waals surface area (Å²) >= 11 is 0. The summed E-state index contributed by atoms with van der Waals surface area (Å²) in [6.45, 7) is 4.09. The van der Waals surface area contributed by atoms with Crippen molar-refractivity contribution in [2.45, 2.75) is 19.4 Å². The summed E-state index contributed by atoms with van der Waals surface area (Å²) in [4.78, 5) is 26.2. The molecule has 136 valence electrons. The Kier molecular flexibility index (Phi) is 4.48. The molecule has 1 heterocycles. The number of carbonyl (C=O) groups is 2. The Morgan fingerprint density at radius 3 is 2.19 bits per heavy atom. The van der Waals surface area contributed by atoms with Gasteiger partial charge in [-0.1, -0.05) is 12.1 Å². The second-order valence-corrected chi connectivity index (χ2v) is 6.60. The van der Waals surface area contributed by atoms with Crippen LogP contribution in [0.5, 0.6) is 0 Å². The summed E-state index contributed by atoms with van der Waals surface area (Å²) in [5.74, 6) is -4.62. The first-order valence-corrected chi connectivity index (χ1v) is 8.07. The Morgan fingerprint density at radius 1 is 1.04 bits per heavy atom. The van der Waals surface area contributed by atoms with E-state index in [9.17, 15) is 22.8 Å². The standard InChI is InChI=1S/C19H17F3N2O2/c1-19(2)18(26)23-7-8-24(19)17(25)12-5-3-11(4-6-12)13-9-14(20)16(22)15(21)10-13/h3-6,9-10H,7-8H2,1-2H3,(H,23,26). The van der Waals surface area contributed by atoms with Gasteiger partial charge in [0.1, 0.15) is 5.54 Å². The van der Waals surface area contributed by atoms with E-state index in [2.05, 4.69) is 5.32 Å².